The Hall–Kier alpha value is -1.89. The minimum absolute atomic E-state index is 0.0973. The van der Waals surface area contributed by atoms with Gasteiger partial charge in [0.2, 0.25) is 5.91 Å². The fraction of sp³-hybridized carbons (Fsp3) is 0.667. The van der Waals surface area contributed by atoms with Crippen molar-refractivity contribution in [3.63, 3.8) is 0 Å². The maximum Gasteiger partial charge on any atom is 0.308 e. The Labute approximate surface area is 171 Å². The largest absolute Gasteiger partial charge is 0.466 e. The van der Waals surface area contributed by atoms with Crippen LogP contribution in [0.15, 0.2) is 17.5 Å². The molecule has 2 amide bonds. The molecule has 1 N–H and O–H groups in total. The zero-order chi connectivity index (χ0) is 20.2. The number of unbranched alkanes of at least 4 members (excludes halogenated alkanes) is 7. The average molecular weight is 409 g/mol. The molecule has 1 aliphatic heterocycles. The van der Waals surface area contributed by atoms with Gasteiger partial charge in [-0.05, 0) is 17.9 Å². The Morgan fingerprint density at radius 2 is 1.89 bits per heavy atom. The molecule has 156 valence electrons. The van der Waals surface area contributed by atoms with Gasteiger partial charge >= 0.3 is 5.97 Å². The van der Waals surface area contributed by atoms with E-state index in [2.05, 4.69) is 12.2 Å². The second-order valence-corrected chi connectivity index (χ2v) is 8.13. The number of hydrogen-bond acceptors (Lipinski definition) is 5. The molecule has 0 aromatic carbocycles. The predicted molar refractivity (Wildman–Crippen MR) is 110 cm³/mol. The van der Waals surface area contributed by atoms with Crippen molar-refractivity contribution < 1.29 is 19.1 Å². The van der Waals surface area contributed by atoms with Crippen LogP contribution in [-0.4, -0.2) is 48.4 Å². The third-order valence-electron chi connectivity index (χ3n) is 4.94. The molecule has 1 aliphatic rings. The third kappa shape index (κ3) is 7.26. The Morgan fingerprint density at radius 3 is 2.57 bits per heavy atom. The van der Waals surface area contributed by atoms with Crippen LogP contribution in [0.25, 0.3) is 0 Å². The summed E-state index contributed by atoms with van der Waals surface area (Å²) in [5, 5.41) is 4.56. The molecule has 0 aliphatic carbocycles. The molecule has 1 aromatic heterocycles. The SMILES string of the molecule is CCCCCCCCCCOC(=O)CC1C(=O)NCCN1C(=O)c1cccs1. The lowest BCUT2D eigenvalue weighted by Gasteiger charge is -2.34. The van der Waals surface area contributed by atoms with Gasteiger partial charge in [-0.3, -0.25) is 14.4 Å². The molecule has 28 heavy (non-hydrogen) atoms. The first-order valence-electron chi connectivity index (χ1n) is 10.4. The van der Waals surface area contributed by atoms with Gasteiger partial charge in [-0.15, -0.1) is 11.3 Å². The van der Waals surface area contributed by atoms with E-state index in [1.54, 1.807) is 12.1 Å². The van der Waals surface area contributed by atoms with Crippen molar-refractivity contribution in [1.29, 1.82) is 0 Å². The molecular weight excluding hydrogens is 376 g/mol. The molecule has 0 saturated carbocycles. The Kier molecular flexibility index (Phi) is 10.0. The van der Waals surface area contributed by atoms with Crippen LogP contribution >= 0.6 is 11.3 Å². The summed E-state index contributed by atoms with van der Waals surface area (Å²) in [6, 6.07) is 2.74. The molecule has 1 unspecified atom stereocenters. The second-order valence-electron chi connectivity index (χ2n) is 7.18. The summed E-state index contributed by atoms with van der Waals surface area (Å²) >= 11 is 1.34. The highest BCUT2D eigenvalue weighted by atomic mass is 32.1. The van der Waals surface area contributed by atoms with Crippen LogP contribution < -0.4 is 5.32 Å². The van der Waals surface area contributed by atoms with Crippen LogP contribution in [0.2, 0.25) is 0 Å². The fourth-order valence-corrected chi connectivity index (χ4v) is 4.02. The van der Waals surface area contributed by atoms with Gasteiger partial charge in [-0.1, -0.05) is 57.9 Å². The van der Waals surface area contributed by atoms with Crippen molar-refractivity contribution in [3.8, 4) is 0 Å². The number of carbonyl (C=O) groups is 3. The summed E-state index contributed by atoms with van der Waals surface area (Å²) in [5.41, 5.74) is 0. The summed E-state index contributed by atoms with van der Waals surface area (Å²) in [6.07, 6.45) is 9.32. The van der Waals surface area contributed by atoms with Crippen LogP contribution in [0.1, 0.15) is 74.4 Å². The van der Waals surface area contributed by atoms with E-state index in [1.165, 1.54) is 48.3 Å². The minimum Gasteiger partial charge on any atom is -0.466 e. The van der Waals surface area contributed by atoms with Gasteiger partial charge in [0.15, 0.2) is 0 Å². The average Bonchev–Trinajstić information content (AvgIpc) is 3.22. The molecule has 1 aromatic rings. The first-order chi connectivity index (χ1) is 13.6. The predicted octanol–water partition coefficient (Wildman–Crippen LogP) is 3.76. The highest BCUT2D eigenvalue weighted by Crippen LogP contribution is 2.18. The number of esters is 1. The highest BCUT2D eigenvalue weighted by Gasteiger charge is 2.35. The van der Waals surface area contributed by atoms with Gasteiger partial charge in [0, 0.05) is 13.1 Å². The number of rotatable bonds is 12. The van der Waals surface area contributed by atoms with Gasteiger partial charge in [-0.2, -0.15) is 0 Å². The van der Waals surface area contributed by atoms with Gasteiger partial charge in [0.05, 0.1) is 17.9 Å². The third-order valence-corrected chi connectivity index (χ3v) is 5.80. The number of nitrogens with one attached hydrogen (secondary N) is 1. The number of carbonyl (C=O) groups excluding carboxylic acids is 3. The molecule has 7 heteroatoms. The van der Waals surface area contributed by atoms with Crippen LogP contribution in [0, 0.1) is 0 Å². The van der Waals surface area contributed by atoms with Gasteiger partial charge in [0.1, 0.15) is 6.04 Å². The normalized spacial score (nSPS) is 16.7. The molecule has 2 heterocycles. The molecule has 6 nitrogen and oxygen atoms in total. The van der Waals surface area contributed by atoms with E-state index < -0.39 is 12.0 Å². The van der Waals surface area contributed by atoms with Crippen molar-refractivity contribution >= 4 is 29.1 Å². The lowest BCUT2D eigenvalue weighted by atomic mass is 10.1. The van der Waals surface area contributed by atoms with Gasteiger partial charge in [-0.25, -0.2) is 0 Å². The van der Waals surface area contributed by atoms with Crippen molar-refractivity contribution in [2.75, 3.05) is 19.7 Å². The number of nitrogens with zero attached hydrogens (tertiary/aromatic N) is 1. The summed E-state index contributed by atoms with van der Waals surface area (Å²) in [5.74, 6) is -0.917. The molecule has 0 spiro atoms. The number of hydrogen-bond donors (Lipinski definition) is 1. The van der Waals surface area contributed by atoms with E-state index in [-0.39, 0.29) is 18.2 Å². The molecule has 2 rings (SSSR count). The smallest absolute Gasteiger partial charge is 0.308 e. The van der Waals surface area contributed by atoms with Crippen molar-refractivity contribution in [2.24, 2.45) is 0 Å². The second kappa shape index (κ2) is 12.5. The molecule has 1 saturated heterocycles. The van der Waals surface area contributed by atoms with Crippen LogP contribution in [0.5, 0.6) is 0 Å². The Bertz CT molecular complexity index is 618. The zero-order valence-corrected chi connectivity index (χ0v) is 17.6. The van der Waals surface area contributed by atoms with E-state index in [1.807, 2.05) is 5.38 Å². The van der Waals surface area contributed by atoms with E-state index in [0.29, 0.717) is 24.6 Å². The minimum atomic E-state index is -0.797. The first kappa shape index (κ1) is 22.4. The monoisotopic (exact) mass is 408 g/mol. The topological polar surface area (TPSA) is 75.7 Å². The van der Waals surface area contributed by atoms with Crippen molar-refractivity contribution in [1.82, 2.24) is 10.2 Å². The van der Waals surface area contributed by atoms with E-state index in [9.17, 15) is 14.4 Å². The number of ether oxygens (including phenoxy) is 1. The maximum atomic E-state index is 12.6. The lowest BCUT2D eigenvalue weighted by molar-refractivity contribution is -0.147. The van der Waals surface area contributed by atoms with Gasteiger partial charge in [0.25, 0.3) is 5.91 Å². The summed E-state index contributed by atoms with van der Waals surface area (Å²) in [6.45, 7) is 3.39. The van der Waals surface area contributed by atoms with Crippen LogP contribution in [0.4, 0.5) is 0 Å². The summed E-state index contributed by atoms with van der Waals surface area (Å²) < 4.78 is 5.30. The summed E-state index contributed by atoms with van der Waals surface area (Å²) in [4.78, 5) is 39.1. The maximum absolute atomic E-state index is 12.6. The number of piperazine rings is 1. The summed E-state index contributed by atoms with van der Waals surface area (Å²) in [7, 11) is 0. The molecule has 0 bridgehead atoms. The highest BCUT2D eigenvalue weighted by molar-refractivity contribution is 7.12. The quantitative estimate of drug-likeness (QED) is 0.422. The number of thiophene rings is 1. The first-order valence-corrected chi connectivity index (χ1v) is 11.3. The standard InChI is InChI=1S/C21H32N2O4S/c1-2-3-4-5-6-7-8-9-14-27-19(24)16-17-20(25)22-12-13-23(17)21(26)18-11-10-15-28-18/h10-11,15,17H,2-9,12-14,16H2,1H3,(H,22,25). The Morgan fingerprint density at radius 1 is 1.18 bits per heavy atom. The zero-order valence-electron chi connectivity index (χ0n) is 16.8. The van der Waals surface area contributed by atoms with Crippen molar-refractivity contribution in [3.05, 3.63) is 22.4 Å². The molecular formula is C21H32N2O4S. The molecule has 1 atom stereocenters. The fourth-order valence-electron chi connectivity index (χ4n) is 3.34. The molecule has 0 radical (unpaired) electrons. The van der Waals surface area contributed by atoms with Crippen LogP contribution in [0.3, 0.4) is 0 Å². The van der Waals surface area contributed by atoms with Crippen LogP contribution in [-0.2, 0) is 14.3 Å². The van der Waals surface area contributed by atoms with Crippen molar-refractivity contribution in [2.45, 2.75) is 70.8 Å². The lowest BCUT2D eigenvalue weighted by Crippen LogP contribution is -2.57. The van der Waals surface area contributed by atoms with E-state index >= 15 is 0 Å². The molecule has 1 fully saturated rings. The van der Waals surface area contributed by atoms with E-state index in [4.69, 9.17) is 4.74 Å². The Balaban J connectivity index is 1.70. The van der Waals surface area contributed by atoms with E-state index in [0.717, 1.165) is 19.3 Å². The van der Waals surface area contributed by atoms with Gasteiger partial charge < -0.3 is 15.0 Å². The number of amides is 2.